The number of rotatable bonds is 7. The fraction of sp³-hybridized carbons (Fsp3) is 0.619. The minimum atomic E-state index is -0.392. The monoisotopic (exact) mass is 361 g/mol. The summed E-state index contributed by atoms with van der Waals surface area (Å²) >= 11 is 0. The van der Waals surface area contributed by atoms with Crippen molar-refractivity contribution >= 4 is 17.6 Å². The Hall–Kier alpha value is -1.88. The van der Waals surface area contributed by atoms with Crippen molar-refractivity contribution in [1.29, 1.82) is 0 Å². The smallest absolute Gasteiger partial charge is 0.340 e. The van der Waals surface area contributed by atoms with Crippen LogP contribution in [0.1, 0.15) is 62.4 Å². The molecule has 5 heteroatoms. The number of hydrogen-bond acceptors (Lipinski definition) is 3. The number of nitrogens with one attached hydrogen (secondary N) is 1. The summed E-state index contributed by atoms with van der Waals surface area (Å²) in [4.78, 5) is 25.5. The Morgan fingerprint density at radius 1 is 1.15 bits per heavy atom. The molecule has 0 radical (unpaired) electrons. The van der Waals surface area contributed by atoms with Crippen LogP contribution in [-0.2, 0) is 9.53 Å². The number of likely N-dealkylation sites (N-methyl/N-ethyl adjacent to an activating group) is 1. The van der Waals surface area contributed by atoms with Crippen LogP contribution in [0.3, 0.4) is 0 Å². The first-order valence-corrected chi connectivity index (χ1v) is 9.92. The number of benzene rings is 1. The van der Waals surface area contributed by atoms with E-state index in [0.717, 1.165) is 36.1 Å². The van der Waals surface area contributed by atoms with E-state index >= 15 is 0 Å². The number of likely N-dealkylation sites (tertiary alicyclic amines) is 1. The first kappa shape index (κ1) is 20.4. The molecule has 1 saturated heterocycles. The summed E-state index contributed by atoms with van der Waals surface area (Å²) < 4.78 is 6.01. The second-order valence-electron chi connectivity index (χ2n) is 7.17. The predicted octanol–water partition coefficient (Wildman–Crippen LogP) is 3.91. The fourth-order valence-electron chi connectivity index (χ4n) is 4.23. The summed E-state index contributed by atoms with van der Waals surface area (Å²) in [6, 6.07) is 5.35. The molecule has 1 amide bonds. The second-order valence-corrected chi connectivity index (χ2v) is 7.17. The molecule has 1 aromatic rings. The second kappa shape index (κ2) is 9.17. The lowest BCUT2D eigenvalue weighted by molar-refractivity contribution is -0.945. The number of esters is 1. The first-order chi connectivity index (χ1) is 12.5. The number of hydrogen-bond donors (Lipinski definition) is 1. The normalized spacial score (nSPS) is 17.4. The number of aryl methyl sites for hydroxylation is 1. The Kier molecular flexibility index (Phi) is 7.21. The van der Waals surface area contributed by atoms with Gasteiger partial charge in [0.25, 0.3) is 5.91 Å². The fourth-order valence-corrected chi connectivity index (χ4v) is 4.23. The van der Waals surface area contributed by atoms with Gasteiger partial charge in [-0.25, -0.2) is 4.79 Å². The molecule has 1 atom stereocenters. The van der Waals surface area contributed by atoms with Gasteiger partial charge in [0, 0.05) is 6.42 Å². The van der Waals surface area contributed by atoms with Crippen molar-refractivity contribution in [3.05, 3.63) is 29.3 Å². The number of ether oxygens (including phenoxy) is 1. The molecule has 1 N–H and O–H groups in total. The molecule has 0 aliphatic carbocycles. The van der Waals surface area contributed by atoms with E-state index in [1.165, 1.54) is 19.3 Å². The molecule has 5 nitrogen and oxygen atoms in total. The van der Waals surface area contributed by atoms with Gasteiger partial charge >= 0.3 is 5.97 Å². The Bertz CT molecular complexity index is 636. The van der Waals surface area contributed by atoms with Gasteiger partial charge in [-0.3, -0.25) is 4.79 Å². The van der Waals surface area contributed by atoms with E-state index in [2.05, 4.69) is 19.2 Å². The molecule has 1 aliphatic heterocycles. The molecule has 0 saturated carbocycles. The van der Waals surface area contributed by atoms with Gasteiger partial charge in [0.05, 0.1) is 37.5 Å². The maximum Gasteiger partial charge on any atom is 0.340 e. The van der Waals surface area contributed by atoms with Gasteiger partial charge in [-0.1, -0.05) is 19.1 Å². The van der Waals surface area contributed by atoms with E-state index in [4.69, 9.17) is 4.74 Å². The van der Waals surface area contributed by atoms with Crippen LogP contribution in [0.5, 0.6) is 0 Å². The van der Waals surface area contributed by atoms with Gasteiger partial charge in [-0.05, 0) is 51.7 Å². The largest absolute Gasteiger partial charge is 0.462 e. The SMILES string of the molecule is CCOC(=O)c1cccc(C)c1NC(=O)C(CC)[N+]1(CC)CCCCC1. The highest BCUT2D eigenvalue weighted by atomic mass is 16.5. The Labute approximate surface area is 157 Å². The summed E-state index contributed by atoms with van der Waals surface area (Å²) in [6.07, 6.45) is 4.40. The highest BCUT2D eigenvalue weighted by Gasteiger charge is 2.40. The zero-order chi connectivity index (χ0) is 19.2. The number of para-hydroxylation sites is 1. The molecule has 1 unspecified atom stereocenters. The molecule has 0 aromatic heterocycles. The van der Waals surface area contributed by atoms with E-state index in [1.807, 2.05) is 19.1 Å². The molecule has 26 heavy (non-hydrogen) atoms. The van der Waals surface area contributed by atoms with Crippen molar-refractivity contribution < 1.29 is 18.8 Å². The summed E-state index contributed by atoms with van der Waals surface area (Å²) in [5.74, 6) is -0.381. The molecule has 2 rings (SSSR count). The first-order valence-electron chi connectivity index (χ1n) is 9.92. The predicted molar refractivity (Wildman–Crippen MR) is 104 cm³/mol. The number of quaternary nitrogens is 1. The van der Waals surface area contributed by atoms with Gasteiger partial charge in [-0.2, -0.15) is 0 Å². The minimum absolute atomic E-state index is 0.0103. The summed E-state index contributed by atoms with van der Waals surface area (Å²) in [7, 11) is 0. The number of nitrogens with zero attached hydrogens (tertiary/aromatic N) is 1. The summed E-state index contributed by atoms with van der Waals surface area (Å²) in [6.45, 7) is 11.3. The maximum absolute atomic E-state index is 13.2. The van der Waals surface area contributed by atoms with E-state index < -0.39 is 5.97 Å². The van der Waals surface area contributed by atoms with Crippen LogP contribution in [0, 0.1) is 6.92 Å². The van der Waals surface area contributed by atoms with Gasteiger partial charge < -0.3 is 14.5 Å². The van der Waals surface area contributed by atoms with Gasteiger partial charge in [-0.15, -0.1) is 0 Å². The molecule has 144 valence electrons. The van der Waals surface area contributed by atoms with Crippen molar-refractivity contribution in [3.8, 4) is 0 Å². The van der Waals surface area contributed by atoms with Crippen molar-refractivity contribution in [2.24, 2.45) is 0 Å². The highest BCUT2D eigenvalue weighted by molar-refractivity contribution is 6.03. The average molecular weight is 362 g/mol. The number of carbonyl (C=O) groups excluding carboxylic acids is 2. The van der Waals surface area contributed by atoms with Crippen LogP contribution in [-0.4, -0.2) is 48.6 Å². The molecular formula is C21H33N2O3+. The molecule has 1 aliphatic rings. The molecular weight excluding hydrogens is 328 g/mol. The number of anilines is 1. The van der Waals surface area contributed by atoms with Crippen LogP contribution in [0.4, 0.5) is 5.69 Å². The lowest BCUT2D eigenvalue weighted by atomic mass is 10.00. The van der Waals surface area contributed by atoms with Crippen LogP contribution in [0.15, 0.2) is 18.2 Å². The Morgan fingerprint density at radius 2 is 1.85 bits per heavy atom. The number of amides is 1. The standard InChI is InChI=1S/C21H32N2O3/c1-5-18(23(6-2)14-9-8-10-15-23)20(24)22-19-16(4)12-11-13-17(19)21(25)26-7-3/h11-13,18H,5-10,14-15H2,1-4H3/p+1. The van der Waals surface area contributed by atoms with Gasteiger partial charge in [0.2, 0.25) is 0 Å². The van der Waals surface area contributed by atoms with Gasteiger partial charge in [0.1, 0.15) is 0 Å². The quantitative estimate of drug-likeness (QED) is 0.592. The van der Waals surface area contributed by atoms with Gasteiger partial charge in [0.15, 0.2) is 6.04 Å². The number of piperidine rings is 1. The van der Waals surface area contributed by atoms with E-state index in [9.17, 15) is 9.59 Å². The zero-order valence-corrected chi connectivity index (χ0v) is 16.6. The van der Waals surface area contributed by atoms with E-state index in [0.29, 0.717) is 17.9 Å². The van der Waals surface area contributed by atoms with Crippen molar-refractivity contribution in [2.45, 2.75) is 59.4 Å². The lowest BCUT2D eigenvalue weighted by Gasteiger charge is -2.45. The van der Waals surface area contributed by atoms with E-state index in [-0.39, 0.29) is 11.9 Å². The van der Waals surface area contributed by atoms with Crippen LogP contribution >= 0.6 is 0 Å². The van der Waals surface area contributed by atoms with Crippen molar-refractivity contribution in [3.63, 3.8) is 0 Å². The Balaban J connectivity index is 2.29. The highest BCUT2D eigenvalue weighted by Crippen LogP contribution is 2.27. The lowest BCUT2D eigenvalue weighted by Crippen LogP contribution is -2.61. The molecule has 1 fully saturated rings. The maximum atomic E-state index is 13.2. The minimum Gasteiger partial charge on any atom is -0.462 e. The molecule has 1 aromatic carbocycles. The average Bonchev–Trinajstić information content (AvgIpc) is 2.64. The summed E-state index contributed by atoms with van der Waals surface area (Å²) in [5, 5.41) is 3.07. The number of carbonyl (C=O) groups is 2. The molecule has 0 spiro atoms. The topological polar surface area (TPSA) is 55.4 Å². The third-order valence-electron chi connectivity index (χ3n) is 5.70. The summed E-state index contributed by atoms with van der Waals surface area (Å²) in [5.41, 5.74) is 1.89. The molecule has 0 bridgehead atoms. The Morgan fingerprint density at radius 3 is 2.42 bits per heavy atom. The van der Waals surface area contributed by atoms with E-state index in [1.54, 1.807) is 13.0 Å². The molecule has 1 heterocycles. The van der Waals surface area contributed by atoms with Crippen LogP contribution < -0.4 is 5.32 Å². The van der Waals surface area contributed by atoms with Crippen LogP contribution in [0.25, 0.3) is 0 Å². The van der Waals surface area contributed by atoms with Crippen LogP contribution in [0.2, 0.25) is 0 Å². The third-order valence-corrected chi connectivity index (χ3v) is 5.70. The van der Waals surface area contributed by atoms with Crippen molar-refractivity contribution in [1.82, 2.24) is 0 Å². The van der Waals surface area contributed by atoms with Crippen molar-refractivity contribution in [2.75, 3.05) is 31.6 Å². The third kappa shape index (κ3) is 4.26. The zero-order valence-electron chi connectivity index (χ0n) is 16.6.